The van der Waals surface area contributed by atoms with Gasteiger partial charge in [-0.25, -0.2) is 16.8 Å². The summed E-state index contributed by atoms with van der Waals surface area (Å²) in [4.78, 5) is 1.10. The normalized spacial score (nSPS) is 22.0. The molecule has 120 valence electrons. The molecule has 0 spiro atoms. The highest BCUT2D eigenvalue weighted by Crippen LogP contribution is 2.34. The van der Waals surface area contributed by atoms with Gasteiger partial charge in [0.25, 0.3) is 0 Å². The largest absolute Gasteiger partial charge is 0.315 e. The molecular weight excluding hydrogens is 400 g/mol. The molecule has 1 atom stereocenters. The standard InChI is InChI=1S/C11H17BrN2O4S3/c1-13-6-9-5-10(11(12)19-9)21(17,18)14(2)8-3-4-20(15,16)7-8/h5,8,13H,3-4,6-7H2,1-2H3. The van der Waals surface area contributed by atoms with Crippen LogP contribution >= 0.6 is 27.3 Å². The Bertz CT molecular complexity index is 727. The van der Waals surface area contributed by atoms with E-state index in [0.29, 0.717) is 16.8 Å². The van der Waals surface area contributed by atoms with Crippen molar-refractivity contribution in [2.45, 2.75) is 23.9 Å². The van der Waals surface area contributed by atoms with Crippen molar-refractivity contribution >= 4 is 47.1 Å². The van der Waals surface area contributed by atoms with Gasteiger partial charge in [-0.2, -0.15) is 4.31 Å². The smallest absolute Gasteiger partial charge is 0.245 e. The quantitative estimate of drug-likeness (QED) is 0.774. The van der Waals surface area contributed by atoms with E-state index >= 15 is 0 Å². The van der Waals surface area contributed by atoms with Gasteiger partial charge in [0.1, 0.15) is 4.90 Å². The highest BCUT2D eigenvalue weighted by Gasteiger charge is 2.37. The molecule has 0 aliphatic carbocycles. The van der Waals surface area contributed by atoms with E-state index in [9.17, 15) is 16.8 Å². The summed E-state index contributed by atoms with van der Waals surface area (Å²) in [6.07, 6.45) is 0.350. The lowest BCUT2D eigenvalue weighted by atomic mass is 10.3. The van der Waals surface area contributed by atoms with E-state index < -0.39 is 25.9 Å². The molecule has 1 aromatic rings. The fourth-order valence-corrected chi connectivity index (χ4v) is 8.14. The second kappa shape index (κ2) is 6.25. The van der Waals surface area contributed by atoms with Crippen LogP contribution in [0.3, 0.4) is 0 Å². The molecule has 0 aromatic carbocycles. The Morgan fingerprint density at radius 1 is 1.52 bits per heavy atom. The zero-order chi connectivity index (χ0) is 15.8. The Balaban J connectivity index is 2.29. The molecule has 1 N–H and O–H groups in total. The molecule has 21 heavy (non-hydrogen) atoms. The SMILES string of the molecule is CNCc1cc(S(=O)(=O)N(C)C2CCS(=O)(=O)C2)c(Br)s1. The van der Waals surface area contributed by atoms with Gasteiger partial charge in [-0.05, 0) is 35.5 Å². The summed E-state index contributed by atoms with van der Waals surface area (Å²) < 4.78 is 50.1. The summed E-state index contributed by atoms with van der Waals surface area (Å²) in [5, 5.41) is 2.97. The Labute approximate surface area is 137 Å². The maximum absolute atomic E-state index is 12.7. The Kier molecular flexibility index (Phi) is 5.16. The molecule has 1 fully saturated rings. The van der Waals surface area contributed by atoms with Gasteiger partial charge >= 0.3 is 0 Å². The van der Waals surface area contributed by atoms with Crippen molar-refractivity contribution in [3.63, 3.8) is 0 Å². The van der Waals surface area contributed by atoms with E-state index in [1.165, 1.54) is 22.7 Å². The molecule has 2 heterocycles. The van der Waals surface area contributed by atoms with Gasteiger partial charge in [0.15, 0.2) is 9.84 Å². The van der Waals surface area contributed by atoms with Gasteiger partial charge < -0.3 is 5.32 Å². The molecule has 1 saturated heterocycles. The van der Waals surface area contributed by atoms with Crippen LogP contribution in [0.25, 0.3) is 0 Å². The first kappa shape index (κ1) is 17.4. The molecule has 10 heteroatoms. The highest BCUT2D eigenvalue weighted by molar-refractivity contribution is 9.11. The number of rotatable bonds is 5. The van der Waals surface area contributed by atoms with Crippen LogP contribution in [0, 0.1) is 0 Å². The number of sulfone groups is 1. The van der Waals surface area contributed by atoms with Crippen molar-refractivity contribution in [2.24, 2.45) is 0 Å². The van der Waals surface area contributed by atoms with Crippen LogP contribution in [-0.2, 0) is 26.4 Å². The third-order valence-electron chi connectivity index (χ3n) is 3.44. The summed E-state index contributed by atoms with van der Waals surface area (Å²) in [6, 6.07) is 1.14. The van der Waals surface area contributed by atoms with Gasteiger partial charge in [-0.15, -0.1) is 11.3 Å². The van der Waals surface area contributed by atoms with E-state index in [0.717, 1.165) is 4.88 Å². The van der Waals surface area contributed by atoms with Crippen molar-refractivity contribution in [1.29, 1.82) is 0 Å². The average molecular weight is 417 g/mol. The minimum absolute atomic E-state index is 0.0489. The van der Waals surface area contributed by atoms with Crippen molar-refractivity contribution in [3.8, 4) is 0 Å². The molecule has 6 nitrogen and oxygen atoms in total. The fourth-order valence-electron chi connectivity index (χ4n) is 2.25. The lowest BCUT2D eigenvalue weighted by Gasteiger charge is -2.22. The minimum Gasteiger partial charge on any atom is -0.315 e. The molecule has 2 rings (SSSR count). The van der Waals surface area contributed by atoms with Crippen LogP contribution in [0.15, 0.2) is 14.7 Å². The number of nitrogens with one attached hydrogen (secondary N) is 1. The molecule has 1 unspecified atom stereocenters. The van der Waals surface area contributed by atoms with E-state index in [-0.39, 0.29) is 16.4 Å². The Hall–Kier alpha value is -0.000000000000000194. The van der Waals surface area contributed by atoms with Crippen LogP contribution in [0.5, 0.6) is 0 Å². The molecule has 1 aliphatic rings. The van der Waals surface area contributed by atoms with Crippen LogP contribution in [-0.4, -0.2) is 52.8 Å². The van der Waals surface area contributed by atoms with Crippen LogP contribution in [0.1, 0.15) is 11.3 Å². The van der Waals surface area contributed by atoms with E-state index in [4.69, 9.17) is 0 Å². The van der Waals surface area contributed by atoms with Crippen molar-refractivity contribution < 1.29 is 16.8 Å². The predicted molar refractivity (Wildman–Crippen MR) is 86.8 cm³/mol. The van der Waals surface area contributed by atoms with Gasteiger partial charge in [0, 0.05) is 24.5 Å². The lowest BCUT2D eigenvalue weighted by Crippen LogP contribution is -2.37. The van der Waals surface area contributed by atoms with Gasteiger partial charge in [-0.3, -0.25) is 0 Å². The van der Waals surface area contributed by atoms with Gasteiger partial charge in [0.2, 0.25) is 10.0 Å². The number of hydrogen-bond acceptors (Lipinski definition) is 6. The maximum Gasteiger partial charge on any atom is 0.245 e. The number of sulfonamides is 1. The topological polar surface area (TPSA) is 83.6 Å². The summed E-state index contributed by atoms with van der Waals surface area (Å²) in [6.45, 7) is 0.584. The monoisotopic (exact) mass is 416 g/mol. The van der Waals surface area contributed by atoms with E-state index in [1.54, 1.807) is 13.1 Å². The van der Waals surface area contributed by atoms with Crippen molar-refractivity contribution in [3.05, 3.63) is 14.7 Å². The fraction of sp³-hybridized carbons (Fsp3) is 0.636. The molecule has 0 amide bonds. The summed E-state index contributed by atoms with van der Waals surface area (Å²) >= 11 is 4.64. The summed E-state index contributed by atoms with van der Waals surface area (Å²) in [7, 11) is -3.58. The predicted octanol–water partition coefficient (Wildman–Crippen LogP) is 1.04. The average Bonchev–Trinajstić information content (AvgIpc) is 2.92. The molecule has 0 bridgehead atoms. The maximum atomic E-state index is 12.7. The first-order valence-electron chi connectivity index (χ1n) is 6.28. The minimum atomic E-state index is -3.70. The van der Waals surface area contributed by atoms with Crippen LogP contribution < -0.4 is 5.32 Å². The third kappa shape index (κ3) is 3.67. The van der Waals surface area contributed by atoms with Gasteiger partial charge in [0.05, 0.1) is 15.3 Å². The van der Waals surface area contributed by atoms with Crippen molar-refractivity contribution in [2.75, 3.05) is 25.6 Å². The molecule has 1 aliphatic heterocycles. The number of thiophene rings is 1. The second-order valence-electron chi connectivity index (χ2n) is 4.96. The zero-order valence-electron chi connectivity index (χ0n) is 11.7. The second-order valence-corrected chi connectivity index (χ2v) is 11.6. The Morgan fingerprint density at radius 3 is 2.71 bits per heavy atom. The number of halogens is 1. The Morgan fingerprint density at radius 2 is 2.19 bits per heavy atom. The first-order valence-corrected chi connectivity index (χ1v) is 11.2. The van der Waals surface area contributed by atoms with E-state index in [2.05, 4.69) is 21.2 Å². The van der Waals surface area contributed by atoms with Crippen LogP contribution in [0.4, 0.5) is 0 Å². The summed E-state index contributed by atoms with van der Waals surface area (Å²) in [5.41, 5.74) is 0. The third-order valence-corrected chi connectivity index (χ3v) is 9.35. The molecule has 0 radical (unpaired) electrons. The number of hydrogen-bond donors (Lipinski definition) is 1. The van der Waals surface area contributed by atoms with Crippen LogP contribution in [0.2, 0.25) is 0 Å². The first-order chi connectivity index (χ1) is 9.67. The molecule has 1 aromatic heterocycles. The lowest BCUT2D eigenvalue weighted by molar-refractivity contribution is 0.394. The number of nitrogens with zero attached hydrogens (tertiary/aromatic N) is 1. The zero-order valence-corrected chi connectivity index (χ0v) is 15.7. The summed E-state index contributed by atoms with van der Waals surface area (Å²) in [5.74, 6) is -0.0544. The van der Waals surface area contributed by atoms with Gasteiger partial charge in [-0.1, -0.05) is 0 Å². The highest BCUT2D eigenvalue weighted by atomic mass is 79.9. The molecular formula is C11H17BrN2O4S3. The van der Waals surface area contributed by atoms with Crippen molar-refractivity contribution in [1.82, 2.24) is 9.62 Å². The molecule has 0 saturated carbocycles. The van der Waals surface area contributed by atoms with E-state index in [1.807, 2.05) is 0 Å².